The van der Waals surface area contributed by atoms with E-state index < -0.39 is 0 Å². The van der Waals surface area contributed by atoms with Gasteiger partial charge in [-0.05, 0) is 112 Å². The third kappa shape index (κ3) is 5.95. The second-order valence-electron chi connectivity index (χ2n) is 17.1. The summed E-state index contributed by atoms with van der Waals surface area (Å²) in [6.07, 6.45) is 4.19. The van der Waals surface area contributed by atoms with E-state index in [1.165, 1.54) is 83.1 Å². The fourth-order valence-corrected chi connectivity index (χ4v) is 9.80. The lowest BCUT2D eigenvalue weighted by molar-refractivity contribution is 0.508. The summed E-state index contributed by atoms with van der Waals surface area (Å²) in [7, 11) is 0. The third-order valence-corrected chi connectivity index (χ3v) is 12.9. The van der Waals surface area contributed by atoms with Crippen molar-refractivity contribution in [3.63, 3.8) is 0 Å². The van der Waals surface area contributed by atoms with Crippen molar-refractivity contribution >= 4 is 16.8 Å². The Balaban J connectivity index is 1.04. The van der Waals surface area contributed by atoms with Crippen LogP contribution in [-0.4, -0.2) is 0 Å². The molecule has 2 aliphatic rings. The summed E-state index contributed by atoms with van der Waals surface area (Å²) in [6.45, 7) is 9.45. The first-order chi connectivity index (χ1) is 28.2. The van der Waals surface area contributed by atoms with Gasteiger partial charge < -0.3 is 5.73 Å². The molecule has 3 N–H and O–H groups in total. The van der Waals surface area contributed by atoms with Crippen LogP contribution in [0.25, 0.3) is 61.4 Å². The van der Waals surface area contributed by atoms with E-state index in [2.05, 4.69) is 215 Å². The second kappa shape index (κ2) is 14.0. The molecule has 0 aromatic heterocycles. The van der Waals surface area contributed by atoms with E-state index >= 15 is 0 Å². The highest BCUT2D eigenvalue weighted by atomic mass is 15.0. The van der Waals surface area contributed by atoms with E-state index in [0.29, 0.717) is 0 Å². The predicted molar refractivity (Wildman–Crippen MR) is 245 cm³/mol. The minimum absolute atomic E-state index is 0.0897. The van der Waals surface area contributed by atoms with Crippen molar-refractivity contribution in [2.75, 3.05) is 0 Å². The van der Waals surface area contributed by atoms with E-state index in [1.807, 2.05) is 6.07 Å². The lowest BCUT2D eigenvalue weighted by atomic mass is 9.81. The van der Waals surface area contributed by atoms with Crippen LogP contribution in [0.2, 0.25) is 0 Å². The molecule has 0 fully saturated rings. The average Bonchev–Trinajstić information content (AvgIpc) is 3.63. The first-order valence-corrected chi connectivity index (χ1v) is 20.5. The van der Waals surface area contributed by atoms with E-state index in [-0.39, 0.29) is 23.0 Å². The number of hydrogen-bond donors (Lipinski definition) is 2. The summed E-state index contributed by atoms with van der Waals surface area (Å²) < 4.78 is 0. The molecule has 8 aromatic carbocycles. The predicted octanol–water partition coefficient (Wildman–Crippen LogP) is 13.8. The zero-order valence-electron chi connectivity index (χ0n) is 33.6. The topological polar surface area (TPSA) is 38.0 Å². The van der Waals surface area contributed by atoms with Gasteiger partial charge in [-0.25, -0.2) is 0 Å². The van der Waals surface area contributed by atoms with Crippen LogP contribution in [-0.2, 0) is 10.8 Å². The van der Waals surface area contributed by atoms with Crippen molar-refractivity contribution in [2.45, 2.75) is 50.7 Å². The van der Waals surface area contributed by atoms with Gasteiger partial charge in [0.2, 0.25) is 0 Å². The minimum Gasteiger partial charge on any atom is -0.312 e. The van der Waals surface area contributed by atoms with Crippen LogP contribution >= 0.6 is 0 Å². The maximum absolute atomic E-state index is 6.92. The van der Waals surface area contributed by atoms with Crippen LogP contribution in [0, 0.1) is 0 Å². The van der Waals surface area contributed by atoms with Crippen molar-refractivity contribution in [3.8, 4) is 44.5 Å². The number of nitrogens with two attached hydrogens (primary N) is 1. The molecule has 8 aromatic rings. The summed E-state index contributed by atoms with van der Waals surface area (Å²) in [5, 5.41) is 6.37. The molecule has 0 amide bonds. The fraction of sp³-hybridized carbons (Fsp3) is 0.143. The highest BCUT2D eigenvalue weighted by molar-refractivity contribution is 5.99. The van der Waals surface area contributed by atoms with E-state index in [9.17, 15) is 0 Å². The van der Waals surface area contributed by atoms with Crippen molar-refractivity contribution in [3.05, 3.63) is 221 Å². The number of fused-ring (bicyclic) bond motifs is 7. The molecule has 58 heavy (non-hydrogen) atoms. The summed E-state index contributed by atoms with van der Waals surface area (Å²) in [6, 6.07) is 64.1. The number of rotatable bonds is 8. The molecule has 2 unspecified atom stereocenters. The smallest absolute Gasteiger partial charge is 0.0817 e. The molecular formula is C56H48N2. The Labute approximate surface area is 342 Å². The zero-order chi connectivity index (χ0) is 39.6. The summed E-state index contributed by atoms with van der Waals surface area (Å²) >= 11 is 0. The quantitative estimate of drug-likeness (QED) is 0.152. The van der Waals surface area contributed by atoms with Gasteiger partial charge in [0.15, 0.2) is 0 Å². The standard InChI is InChI=1S/C56H48N2/c1-55(2)47-26-14-24-43(37-17-7-5-8-18-37)52(47)45-30-29-42(35-49(45)55)51(58-54(57)38-19-9-6-10-20-38)31-28-36-16-13-23-41(32-36)44-25-15-27-48-53(44)46-33-39-21-11-12-22-40(39)34-50(46)56(48,3)4/h5-35,51,54,58H,57H2,1-4H3/b31-28+. The molecule has 0 heterocycles. The van der Waals surface area contributed by atoms with Crippen molar-refractivity contribution in [1.29, 1.82) is 0 Å². The minimum atomic E-state index is -0.350. The molecule has 282 valence electrons. The van der Waals surface area contributed by atoms with Crippen LogP contribution in [0.1, 0.15) is 78.8 Å². The Morgan fingerprint density at radius 1 is 0.448 bits per heavy atom. The summed E-state index contributed by atoms with van der Waals surface area (Å²) in [5.41, 5.74) is 25.9. The summed E-state index contributed by atoms with van der Waals surface area (Å²) in [5.74, 6) is 0. The third-order valence-electron chi connectivity index (χ3n) is 12.9. The lowest BCUT2D eigenvalue weighted by Crippen LogP contribution is -2.31. The normalized spacial score (nSPS) is 15.5. The molecule has 2 aliphatic carbocycles. The van der Waals surface area contributed by atoms with Gasteiger partial charge in [0, 0.05) is 10.8 Å². The highest BCUT2D eigenvalue weighted by Crippen LogP contribution is 2.54. The maximum atomic E-state index is 6.92. The Morgan fingerprint density at radius 2 is 1.02 bits per heavy atom. The molecule has 10 rings (SSSR count). The lowest BCUT2D eigenvalue weighted by Gasteiger charge is -2.25. The average molecular weight is 749 g/mol. The molecule has 0 saturated carbocycles. The van der Waals surface area contributed by atoms with Crippen molar-refractivity contribution < 1.29 is 0 Å². The van der Waals surface area contributed by atoms with E-state index in [4.69, 9.17) is 5.73 Å². The van der Waals surface area contributed by atoms with Gasteiger partial charge in [-0.3, -0.25) is 5.32 Å². The van der Waals surface area contributed by atoms with Gasteiger partial charge in [0.05, 0.1) is 12.2 Å². The first kappa shape index (κ1) is 36.0. The maximum Gasteiger partial charge on any atom is 0.0817 e. The van der Waals surface area contributed by atoms with Gasteiger partial charge in [0.25, 0.3) is 0 Å². The SMILES string of the molecule is CC1(C)c2cc(C(/C=C/c3cccc(-c4cccc5c4-c4cc6ccccc6cc4C5(C)C)c3)NC(N)c3ccccc3)ccc2-c2c(-c3ccccc3)cccc21. The molecule has 0 bridgehead atoms. The van der Waals surface area contributed by atoms with Gasteiger partial charge >= 0.3 is 0 Å². The van der Waals surface area contributed by atoms with Gasteiger partial charge in [-0.15, -0.1) is 0 Å². The fourth-order valence-electron chi connectivity index (χ4n) is 9.80. The van der Waals surface area contributed by atoms with Gasteiger partial charge in [0.1, 0.15) is 0 Å². The molecule has 0 saturated heterocycles. The van der Waals surface area contributed by atoms with Crippen molar-refractivity contribution in [1.82, 2.24) is 5.32 Å². The molecule has 0 spiro atoms. The first-order valence-electron chi connectivity index (χ1n) is 20.5. The number of nitrogens with one attached hydrogen (secondary N) is 1. The van der Waals surface area contributed by atoms with Crippen LogP contribution in [0.4, 0.5) is 0 Å². The highest BCUT2D eigenvalue weighted by Gasteiger charge is 2.38. The number of hydrogen-bond acceptors (Lipinski definition) is 2. The molecule has 2 heteroatoms. The second-order valence-corrected chi connectivity index (χ2v) is 17.1. The van der Waals surface area contributed by atoms with Gasteiger partial charge in [-0.1, -0.05) is 198 Å². The monoisotopic (exact) mass is 748 g/mol. The summed E-state index contributed by atoms with van der Waals surface area (Å²) in [4.78, 5) is 0. The van der Waals surface area contributed by atoms with E-state index in [0.717, 1.165) is 11.1 Å². The molecule has 0 aliphatic heterocycles. The van der Waals surface area contributed by atoms with Crippen LogP contribution < -0.4 is 11.1 Å². The molecule has 2 atom stereocenters. The Hall–Kier alpha value is -6.32. The van der Waals surface area contributed by atoms with Crippen LogP contribution in [0.15, 0.2) is 182 Å². The Bertz CT molecular complexity index is 2880. The number of benzene rings is 8. The van der Waals surface area contributed by atoms with Crippen LogP contribution in [0.3, 0.4) is 0 Å². The Kier molecular flexibility index (Phi) is 8.67. The Morgan fingerprint density at radius 3 is 1.72 bits per heavy atom. The van der Waals surface area contributed by atoms with E-state index in [1.54, 1.807) is 0 Å². The zero-order valence-corrected chi connectivity index (χ0v) is 33.6. The molecule has 0 radical (unpaired) electrons. The molecule has 2 nitrogen and oxygen atoms in total. The van der Waals surface area contributed by atoms with Crippen molar-refractivity contribution in [2.24, 2.45) is 5.73 Å². The van der Waals surface area contributed by atoms with Gasteiger partial charge in [-0.2, -0.15) is 0 Å². The largest absolute Gasteiger partial charge is 0.312 e. The van der Waals surface area contributed by atoms with Crippen LogP contribution in [0.5, 0.6) is 0 Å². The molecular weight excluding hydrogens is 701 g/mol.